The van der Waals surface area contributed by atoms with Gasteiger partial charge in [0.1, 0.15) is 0 Å². The van der Waals surface area contributed by atoms with E-state index in [1.165, 1.54) is 0 Å². The van der Waals surface area contributed by atoms with Gasteiger partial charge in [-0.3, -0.25) is 0 Å². The van der Waals surface area contributed by atoms with Gasteiger partial charge < -0.3 is 5.32 Å². The summed E-state index contributed by atoms with van der Waals surface area (Å²) < 4.78 is 24.2. The molecule has 1 aromatic carbocycles. The molecule has 17 heavy (non-hydrogen) atoms. The SMILES string of the molecule is Cc1cc(Br)ccc1NCCS(=O)(=O)C(C)C. The number of hydrogen-bond acceptors (Lipinski definition) is 3. The predicted molar refractivity (Wildman–Crippen MR) is 76.3 cm³/mol. The Hall–Kier alpha value is -0.550. The highest BCUT2D eigenvalue weighted by molar-refractivity contribution is 9.10. The molecule has 0 spiro atoms. The molecule has 0 aliphatic heterocycles. The first-order chi connectivity index (χ1) is 7.83. The Morgan fingerprint density at radius 3 is 2.53 bits per heavy atom. The van der Waals surface area contributed by atoms with E-state index in [1.54, 1.807) is 13.8 Å². The Morgan fingerprint density at radius 1 is 1.35 bits per heavy atom. The lowest BCUT2D eigenvalue weighted by Gasteiger charge is -2.11. The summed E-state index contributed by atoms with van der Waals surface area (Å²) in [5.41, 5.74) is 2.08. The fraction of sp³-hybridized carbons (Fsp3) is 0.500. The first-order valence-electron chi connectivity index (χ1n) is 5.54. The molecule has 5 heteroatoms. The monoisotopic (exact) mass is 319 g/mol. The van der Waals surface area contributed by atoms with Crippen LogP contribution < -0.4 is 5.32 Å². The number of halogens is 1. The Bertz CT molecular complexity index is 483. The Kier molecular flexibility index (Phi) is 5.01. The summed E-state index contributed by atoms with van der Waals surface area (Å²) in [6.07, 6.45) is 0. The fourth-order valence-electron chi connectivity index (χ4n) is 1.39. The van der Waals surface area contributed by atoms with E-state index in [2.05, 4.69) is 21.2 Å². The average molecular weight is 320 g/mol. The molecule has 0 aromatic heterocycles. The van der Waals surface area contributed by atoms with E-state index in [0.29, 0.717) is 6.54 Å². The highest BCUT2D eigenvalue weighted by Crippen LogP contribution is 2.19. The third-order valence-electron chi connectivity index (χ3n) is 2.61. The second-order valence-corrected chi connectivity index (χ2v) is 7.89. The molecule has 0 unspecified atom stereocenters. The van der Waals surface area contributed by atoms with Crippen molar-refractivity contribution in [2.75, 3.05) is 17.6 Å². The van der Waals surface area contributed by atoms with Crippen LogP contribution in [-0.4, -0.2) is 26.0 Å². The molecule has 0 saturated heterocycles. The standard InChI is InChI=1S/C12H18BrNO2S/c1-9(2)17(15,16)7-6-14-12-5-4-11(13)8-10(12)3/h4-5,8-9,14H,6-7H2,1-3H3. The lowest BCUT2D eigenvalue weighted by molar-refractivity contribution is 0.588. The van der Waals surface area contributed by atoms with Crippen LogP contribution in [0.1, 0.15) is 19.4 Å². The summed E-state index contributed by atoms with van der Waals surface area (Å²) in [6, 6.07) is 5.88. The maximum absolute atomic E-state index is 11.6. The number of aryl methyl sites for hydroxylation is 1. The Labute approximate surface area is 112 Å². The van der Waals surface area contributed by atoms with E-state index in [9.17, 15) is 8.42 Å². The molecule has 0 bridgehead atoms. The minimum absolute atomic E-state index is 0.167. The molecule has 0 amide bonds. The van der Waals surface area contributed by atoms with Crippen LogP contribution >= 0.6 is 15.9 Å². The molecule has 0 saturated carbocycles. The van der Waals surface area contributed by atoms with Crippen LogP contribution in [0.25, 0.3) is 0 Å². The summed E-state index contributed by atoms with van der Waals surface area (Å²) in [6.45, 7) is 5.85. The van der Waals surface area contributed by atoms with E-state index in [1.807, 2.05) is 25.1 Å². The van der Waals surface area contributed by atoms with Crippen molar-refractivity contribution in [3.8, 4) is 0 Å². The summed E-state index contributed by atoms with van der Waals surface area (Å²) in [4.78, 5) is 0. The molecular weight excluding hydrogens is 302 g/mol. The highest BCUT2D eigenvalue weighted by Gasteiger charge is 2.15. The van der Waals surface area contributed by atoms with E-state index < -0.39 is 9.84 Å². The minimum atomic E-state index is -2.96. The van der Waals surface area contributed by atoms with E-state index >= 15 is 0 Å². The number of benzene rings is 1. The third-order valence-corrected chi connectivity index (χ3v) is 5.31. The average Bonchev–Trinajstić information content (AvgIpc) is 2.21. The number of sulfone groups is 1. The lowest BCUT2D eigenvalue weighted by Crippen LogP contribution is -2.23. The number of anilines is 1. The van der Waals surface area contributed by atoms with Crippen LogP contribution in [-0.2, 0) is 9.84 Å². The van der Waals surface area contributed by atoms with Gasteiger partial charge in [-0.2, -0.15) is 0 Å². The second kappa shape index (κ2) is 5.87. The van der Waals surface area contributed by atoms with Crippen molar-refractivity contribution in [1.82, 2.24) is 0 Å². The second-order valence-electron chi connectivity index (χ2n) is 4.30. The maximum Gasteiger partial charge on any atom is 0.154 e. The van der Waals surface area contributed by atoms with Crippen LogP contribution in [0.2, 0.25) is 0 Å². The van der Waals surface area contributed by atoms with Gasteiger partial charge in [0.25, 0.3) is 0 Å². The van der Waals surface area contributed by atoms with Crippen LogP contribution in [0.3, 0.4) is 0 Å². The van der Waals surface area contributed by atoms with E-state index in [4.69, 9.17) is 0 Å². The number of nitrogens with one attached hydrogen (secondary N) is 1. The van der Waals surface area contributed by atoms with Crippen LogP contribution in [0.15, 0.2) is 22.7 Å². The van der Waals surface area contributed by atoms with Gasteiger partial charge in [-0.15, -0.1) is 0 Å². The molecule has 0 atom stereocenters. The van der Waals surface area contributed by atoms with Crippen molar-refractivity contribution in [2.24, 2.45) is 0 Å². The molecule has 3 nitrogen and oxygen atoms in total. The smallest absolute Gasteiger partial charge is 0.154 e. The van der Waals surface area contributed by atoms with Gasteiger partial charge in [0.05, 0.1) is 11.0 Å². The van der Waals surface area contributed by atoms with Gasteiger partial charge in [0.15, 0.2) is 9.84 Å². The van der Waals surface area contributed by atoms with Crippen molar-refractivity contribution >= 4 is 31.5 Å². The van der Waals surface area contributed by atoms with Crippen LogP contribution in [0.5, 0.6) is 0 Å². The molecule has 0 aliphatic rings. The zero-order valence-corrected chi connectivity index (χ0v) is 12.7. The van der Waals surface area contributed by atoms with Gasteiger partial charge in [0.2, 0.25) is 0 Å². The molecular formula is C12H18BrNO2S. The fourth-order valence-corrected chi connectivity index (χ4v) is 2.72. The molecule has 96 valence electrons. The van der Waals surface area contributed by atoms with Crippen molar-refractivity contribution in [3.63, 3.8) is 0 Å². The largest absolute Gasteiger partial charge is 0.384 e. The molecule has 1 aromatic rings. The molecule has 0 heterocycles. The first-order valence-corrected chi connectivity index (χ1v) is 8.05. The van der Waals surface area contributed by atoms with Crippen molar-refractivity contribution in [3.05, 3.63) is 28.2 Å². The van der Waals surface area contributed by atoms with Gasteiger partial charge in [-0.25, -0.2) is 8.42 Å². The highest BCUT2D eigenvalue weighted by atomic mass is 79.9. The van der Waals surface area contributed by atoms with E-state index in [-0.39, 0.29) is 11.0 Å². The summed E-state index contributed by atoms with van der Waals surface area (Å²) in [7, 11) is -2.96. The molecule has 1 N–H and O–H groups in total. The Balaban J connectivity index is 2.58. The lowest BCUT2D eigenvalue weighted by atomic mass is 10.2. The third kappa shape index (κ3) is 4.32. The first kappa shape index (κ1) is 14.5. The van der Waals surface area contributed by atoms with Crippen molar-refractivity contribution in [2.45, 2.75) is 26.0 Å². The molecule has 1 rings (SSSR count). The van der Waals surface area contributed by atoms with E-state index in [0.717, 1.165) is 15.7 Å². The summed E-state index contributed by atoms with van der Waals surface area (Å²) >= 11 is 3.39. The molecule has 0 aliphatic carbocycles. The number of rotatable bonds is 5. The Morgan fingerprint density at radius 2 is 2.00 bits per heavy atom. The summed E-state index contributed by atoms with van der Waals surface area (Å²) in [5.74, 6) is 0.167. The van der Waals surface area contributed by atoms with Gasteiger partial charge in [-0.1, -0.05) is 15.9 Å². The number of hydrogen-bond donors (Lipinski definition) is 1. The molecule has 0 fully saturated rings. The maximum atomic E-state index is 11.6. The van der Waals surface area contributed by atoms with Gasteiger partial charge in [0, 0.05) is 16.7 Å². The van der Waals surface area contributed by atoms with Gasteiger partial charge in [-0.05, 0) is 44.5 Å². The normalized spacial score (nSPS) is 11.8. The summed E-state index contributed by atoms with van der Waals surface area (Å²) in [5, 5.41) is 2.84. The van der Waals surface area contributed by atoms with Crippen molar-refractivity contribution in [1.29, 1.82) is 0 Å². The minimum Gasteiger partial charge on any atom is -0.384 e. The zero-order chi connectivity index (χ0) is 13.1. The zero-order valence-electron chi connectivity index (χ0n) is 10.3. The van der Waals surface area contributed by atoms with Gasteiger partial charge >= 0.3 is 0 Å². The van der Waals surface area contributed by atoms with Crippen LogP contribution in [0.4, 0.5) is 5.69 Å². The molecule has 0 radical (unpaired) electrons. The quantitative estimate of drug-likeness (QED) is 0.907. The van der Waals surface area contributed by atoms with Crippen LogP contribution in [0, 0.1) is 6.92 Å². The topological polar surface area (TPSA) is 46.2 Å². The predicted octanol–water partition coefficient (Wildman–Crippen LogP) is 2.99. The van der Waals surface area contributed by atoms with Crippen molar-refractivity contribution < 1.29 is 8.42 Å².